The number of hydrogen-bond donors (Lipinski definition) is 2. The minimum absolute atomic E-state index is 0.0802. The molecular weight excluding hydrogens is 258 g/mol. The lowest BCUT2D eigenvalue weighted by atomic mass is 10.0. The zero-order valence-corrected chi connectivity index (χ0v) is 12.4. The molecule has 0 heterocycles. The standard InChI is InChI=1S/C11H23NO5S/c1-10(2,7-6-9(13)14)12-18(15,16)8-11(3,4)17-5/h12H,6-8H2,1-5H3,(H,13,14). The molecule has 0 aromatic rings. The van der Waals surface area contributed by atoms with Crippen molar-refractivity contribution in [3.63, 3.8) is 0 Å². The number of methoxy groups -OCH3 is 1. The Labute approximate surface area is 109 Å². The van der Waals surface area contributed by atoms with E-state index < -0.39 is 27.1 Å². The number of aliphatic carboxylic acids is 1. The fourth-order valence-corrected chi connectivity index (χ4v) is 3.49. The Balaban J connectivity index is 4.61. The zero-order chi connectivity index (χ0) is 14.6. The molecule has 6 nitrogen and oxygen atoms in total. The van der Waals surface area contributed by atoms with Gasteiger partial charge in [0.25, 0.3) is 0 Å². The molecule has 0 fully saturated rings. The summed E-state index contributed by atoms with van der Waals surface area (Å²) in [7, 11) is -2.08. The molecule has 0 aromatic carbocycles. The lowest BCUT2D eigenvalue weighted by Crippen LogP contribution is -2.48. The second-order valence-electron chi connectivity index (χ2n) is 5.60. The number of rotatable bonds is 8. The van der Waals surface area contributed by atoms with E-state index in [9.17, 15) is 13.2 Å². The van der Waals surface area contributed by atoms with Crippen molar-refractivity contribution in [2.75, 3.05) is 12.9 Å². The predicted molar refractivity (Wildman–Crippen MR) is 69.0 cm³/mol. The summed E-state index contributed by atoms with van der Waals surface area (Å²) in [6.45, 7) is 6.67. The van der Waals surface area contributed by atoms with E-state index in [2.05, 4.69) is 4.72 Å². The Morgan fingerprint density at radius 1 is 1.28 bits per heavy atom. The molecule has 7 heteroatoms. The smallest absolute Gasteiger partial charge is 0.303 e. The van der Waals surface area contributed by atoms with Gasteiger partial charge in [0.15, 0.2) is 0 Å². The van der Waals surface area contributed by atoms with Gasteiger partial charge in [0, 0.05) is 19.1 Å². The van der Waals surface area contributed by atoms with E-state index in [-0.39, 0.29) is 18.6 Å². The zero-order valence-electron chi connectivity index (χ0n) is 11.6. The molecule has 0 aliphatic carbocycles. The average Bonchev–Trinajstić information content (AvgIpc) is 2.11. The molecule has 0 atom stereocenters. The van der Waals surface area contributed by atoms with Gasteiger partial charge in [0.05, 0.1) is 11.4 Å². The maximum Gasteiger partial charge on any atom is 0.303 e. The minimum atomic E-state index is -3.52. The predicted octanol–water partition coefficient (Wildman–Crippen LogP) is 0.974. The van der Waals surface area contributed by atoms with Crippen molar-refractivity contribution in [1.82, 2.24) is 4.72 Å². The van der Waals surface area contributed by atoms with Gasteiger partial charge in [-0.05, 0) is 34.1 Å². The van der Waals surface area contributed by atoms with Crippen molar-refractivity contribution in [1.29, 1.82) is 0 Å². The molecule has 0 rings (SSSR count). The van der Waals surface area contributed by atoms with Crippen LogP contribution in [0.5, 0.6) is 0 Å². The van der Waals surface area contributed by atoms with Crippen molar-refractivity contribution in [2.24, 2.45) is 0 Å². The Kier molecular flexibility index (Phi) is 5.77. The monoisotopic (exact) mass is 281 g/mol. The third-order valence-corrected chi connectivity index (χ3v) is 4.42. The van der Waals surface area contributed by atoms with Crippen LogP contribution in [0.15, 0.2) is 0 Å². The molecule has 0 saturated carbocycles. The summed E-state index contributed by atoms with van der Waals surface area (Å²) in [5.74, 6) is -1.12. The van der Waals surface area contributed by atoms with Crippen molar-refractivity contribution in [3.05, 3.63) is 0 Å². The highest BCUT2D eigenvalue weighted by Gasteiger charge is 2.31. The van der Waals surface area contributed by atoms with Crippen LogP contribution in [-0.4, -0.2) is 43.5 Å². The summed E-state index contributed by atoms with van der Waals surface area (Å²) < 4.78 is 31.4. The Morgan fingerprint density at radius 3 is 2.17 bits per heavy atom. The maximum absolute atomic E-state index is 11.9. The van der Waals surface area contributed by atoms with Gasteiger partial charge in [-0.3, -0.25) is 4.79 Å². The molecule has 0 amide bonds. The fraction of sp³-hybridized carbons (Fsp3) is 0.909. The Bertz CT molecular complexity index is 386. The van der Waals surface area contributed by atoms with Crippen molar-refractivity contribution < 1.29 is 23.1 Å². The van der Waals surface area contributed by atoms with E-state index in [0.29, 0.717) is 0 Å². The van der Waals surface area contributed by atoms with Gasteiger partial charge in [0.2, 0.25) is 10.0 Å². The molecule has 0 unspecified atom stereocenters. The summed E-state index contributed by atoms with van der Waals surface area (Å²) in [6, 6.07) is 0. The fourth-order valence-electron chi connectivity index (χ4n) is 1.44. The number of sulfonamides is 1. The molecule has 0 aliphatic heterocycles. The summed E-state index contributed by atoms with van der Waals surface area (Å²) in [5, 5.41) is 8.60. The number of nitrogens with one attached hydrogen (secondary N) is 1. The molecule has 0 saturated heterocycles. The lowest BCUT2D eigenvalue weighted by Gasteiger charge is -2.29. The first-order valence-electron chi connectivity index (χ1n) is 5.68. The second kappa shape index (κ2) is 5.99. The van der Waals surface area contributed by atoms with Gasteiger partial charge in [-0.15, -0.1) is 0 Å². The van der Waals surface area contributed by atoms with E-state index in [1.165, 1.54) is 7.11 Å². The van der Waals surface area contributed by atoms with Gasteiger partial charge in [-0.1, -0.05) is 0 Å². The van der Waals surface area contributed by atoms with E-state index in [1.54, 1.807) is 27.7 Å². The van der Waals surface area contributed by atoms with Gasteiger partial charge in [-0.25, -0.2) is 13.1 Å². The van der Waals surface area contributed by atoms with Crippen LogP contribution in [0.1, 0.15) is 40.5 Å². The molecular formula is C11H23NO5S. The molecule has 0 aromatic heterocycles. The van der Waals surface area contributed by atoms with E-state index in [4.69, 9.17) is 9.84 Å². The van der Waals surface area contributed by atoms with Crippen LogP contribution >= 0.6 is 0 Å². The van der Waals surface area contributed by atoms with Crippen LogP contribution in [-0.2, 0) is 19.6 Å². The third-order valence-electron chi connectivity index (χ3n) is 2.49. The highest BCUT2D eigenvalue weighted by atomic mass is 32.2. The minimum Gasteiger partial charge on any atom is -0.481 e. The van der Waals surface area contributed by atoms with Crippen molar-refractivity contribution >= 4 is 16.0 Å². The van der Waals surface area contributed by atoms with Crippen LogP contribution < -0.4 is 4.72 Å². The van der Waals surface area contributed by atoms with Crippen LogP contribution in [0.4, 0.5) is 0 Å². The molecule has 0 radical (unpaired) electrons. The number of hydrogen-bond acceptors (Lipinski definition) is 4. The molecule has 18 heavy (non-hydrogen) atoms. The first-order chi connectivity index (χ1) is 7.89. The average molecular weight is 281 g/mol. The Morgan fingerprint density at radius 2 is 1.78 bits per heavy atom. The molecule has 2 N–H and O–H groups in total. The maximum atomic E-state index is 11.9. The van der Waals surface area contributed by atoms with Crippen molar-refractivity contribution in [3.8, 4) is 0 Å². The van der Waals surface area contributed by atoms with E-state index in [0.717, 1.165) is 0 Å². The summed E-state index contributed by atoms with van der Waals surface area (Å²) in [5.41, 5.74) is -1.57. The van der Waals surface area contributed by atoms with Gasteiger partial charge < -0.3 is 9.84 Å². The normalized spacial score (nSPS) is 13.6. The van der Waals surface area contributed by atoms with Gasteiger partial charge in [-0.2, -0.15) is 0 Å². The number of carboxylic acids is 1. The highest BCUT2D eigenvalue weighted by molar-refractivity contribution is 7.89. The van der Waals surface area contributed by atoms with Crippen LogP contribution in [0.25, 0.3) is 0 Å². The summed E-state index contributed by atoms with van der Waals surface area (Å²) in [4.78, 5) is 10.5. The number of carbonyl (C=O) groups is 1. The van der Waals surface area contributed by atoms with Gasteiger partial charge >= 0.3 is 5.97 Å². The van der Waals surface area contributed by atoms with E-state index >= 15 is 0 Å². The first kappa shape index (κ1) is 17.3. The molecule has 0 aliphatic rings. The number of ether oxygens (including phenoxy) is 1. The quantitative estimate of drug-likeness (QED) is 0.691. The lowest BCUT2D eigenvalue weighted by molar-refractivity contribution is -0.137. The SMILES string of the molecule is COC(C)(C)CS(=O)(=O)NC(C)(C)CCC(=O)O. The van der Waals surface area contributed by atoms with Crippen LogP contribution in [0.2, 0.25) is 0 Å². The van der Waals surface area contributed by atoms with Crippen LogP contribution in [0.3, 0.4) is 0 Å². The molecule has 0 spiro atoms. The van der Waals surface area contributed by atoms with Crippen molar-refractivity contribution in [2.45, 2.75) is 51.7 Å². The van der Waals surface area contributed by atoms with Gasteiger partial charge in [0.1, 0.15) is 0 Å². The Hall–Kier alpha value is -0.660. The summed E-state index contributed by atoms with van der Waals surface area (Å²) >= 11 is 0. The first-order valence-corrected chi connectivity index (χ1v) is 7.33. The topological polar surface area (TPSA) is 92.7 Å². The molecule has 0 bridgehead atoms. The van der Waals surface area contributed by atoms with Crippen LogP contribution in [0, 0.1) is 0 Å². The van der Waals surface area contributed by atoms with E-state index in [1.807, 2.05) is 0 Å². The highest BCUT2D eigenvalue weighted by Crippen LogP contribution is 2.16. The largest absolute Gasteiger partial charge is 0.481 e. The second-order valence-corrected chi connectivity index (χ2v) is 7.32. The summed E-state index contributed by atoms with van der Waals surface area (Å²) in [6.07, 6.45) is 0.151. The third kappa shape index (κ3) is 7.62. The molecule has 108 valence electrons. The number of carboxylic acid groups (broad SMARTS) is 1.